The lowest BCUT2D eigenvalue weighted by atomic mass is 10.3. The molecule has 0 atom stereocenters. The molecule has 4 rings (SSSR count). The van der Waals surface area contributed by atoms with E-state index in [1.54, 1.807) is 54.6 Å². The molecule has 1 N–H and O–H groups in total. The molecule has 0 aliphatic carbocycles. The van der Waals surface area contributed by atoms with Crippen LogP contribution in [0.1, 0.15) is 12.8 Å². The second kappa shape index (κ2) is 12.5. The van der Waals surface area contributed by atoms with Gasteiger partial charge in [0.1, 0.15) is 24.7 Å². The summed E-state index contributed by atoms with van der Waals surface area (Å²) in [7, 11) is -6.01. The van der Waals surface area contributed by atoms with E-state index in [-0.39, 0.29) is 22.9 Å². The first-order chi connectivity index (χ1) is 18.7. The number of hydrogen-bond acceptors (Lipinski definition) is 7. The minimum absolute atomic E-state index is 0.0622. The molecule has 0 radical (unpaired) electrons. The van der Waals surface area contributed by atoms with Crippen molar-refractivity contribution in [3.8, 4) is 11.5 Å². The van der Waals surface area contributed by atoms with E-state index in [0.29, 0.717) is 30.3 Å². The molecule has 10 nitrogen and oxygen atoms in total. The molecular formula is C27H31N3O7S2. The number of nitrogens with one attached hydrogen (secondary N) is 1. The molecule has 0 bridgehead atoms. The highest BCUT2D eigenvalue weighted by molar-refractivity contribution is 7.92. The third kappa shape index (κ3) is 6.88. The highest BCUT2D eigenvalue weighted by Gasteiger charge is 2.28. The molecule has 0 spiro atoms. The summed E-state index contributed by atoms with van der Waals surface area (Å²) in [5.74, 6) is 0.496. The Morgan fingerprint density at radius 2 is 1.46 bits per heavy atom. The molecule has 39 heavy (non-hydrogen) atoms. The first-order valence-electron chi connectivity index (χ1n) is 12.4. The van der Waals surface area contributed by atoms with Gasteiger partial charge in [-0.2, -0.15) is 4.31 Å². The van der Waals surface area contributed by atoms with Crippen molar-refractivity contribution in [1.29, 1.82) is 0 Å². The van der Waals surface area contributed by atoms with Gasteiger partial charge in [0.05, 0.1) is 29.1 Å². The Morgan fingerprint density at radius 3 is 2.08 bits per heavy atom. The van der Waals surface area contributed by atoms with Crippen LogP contribution in [-0.2, 0) is 24.8 Å². The number of carbonyl (C=O) groups excluding carboxylic acids is 1. The lowest BCUT2D eigenvalue weighted by Gasteiger charge is -2.24. The van der Waals surface area contributed by atoms with Gasteiger partial charge >= 0.3 is 0 Å². The van der Waals surface area contributed by atoms with Crippen LogP contribution in [-0.4, -0.2) is 66.9 Å². The highest BCUT2D eigenvalue weighted by atomic mass is 32.2. The molecule has 3 aromatic rings. The summed E-state index contributed by atoms with van der Waals surface area (Å²) in [6, 6.07) is 20.4. The topological polar surface area (TPSA) is 122 Å². The number of nitrogens with zero attached hydrogens (tertiary/aromatic N) is 2. The van der Waals surface area contributed by atoms with Gasteiger partial charge in [-0.3, -0.25) is 9.10 Å². The third-order valence-corrected chi connectivity index (χ3v) is 9.90. The van der Waals surface area contributed by atoms with Crippen LogP contribution in [0.25, 0.3) is 0 Å². The van der Waals surface area contributed by atoms with E-state index in [1.165, 1.54) is 35.7 Å². The molecule has 0 unspecified atom stereocenters. The normalized spacial score (nSPS) is 14.1. The number of amides is 1. The second-order valence-electron chi connectivity index (χ2n) is 8.80. The van der Waals surface area contributed by atoms with Crippen molar-refractivity contribution in [2.24, 2.45) is 0 Å². The number of carbonyl (C=O) groups is 1. The van der Waals surface area contributed by atoms with E-state index in [4.69, 9.17) is 9.47 Å². The van der Waals surface area contributed by atoms with Crippen LogP contribution in [0, 0.1) is 0 Å². The molecule has 1 aliphatic rings. The second-order valence-corrected chi connectivity index (χ2v) is 12.6. The van der Waals surface area contributed by atoms with Crippen LogP contribution in [0.3, 0.4) is 0 Å². The summed E-state index contributed by atoms with van der Waals surface area (Å²) in [6.45, 7) is 0.852. The van der Waals surface area contributed by atoms with Crippen molar-refractivity contribution in [3.63, 3.8) is 0 Å². The first-order valence-corrected chi connectivity index (χ1v) is 15.3. The summed E-state index contributed by atoms with van der Waals surface area (Å²) in [5, 5.41) is 2.67. The smallest absolute Gasteiger partial charge is 0.264 e. The SMILES string of the molecule is COc1ccc(N(CC(=O)NCCOc2ccc(S(=O)(=O)N3CCCC3)cc2)S(=O)(=O)c2ccccc2)cc1. The fraction of sp³-hybridized carbons (Fsp3) is 0.296. The molecule has 0 aromatic heterocycles. The zero-order valence-electron chi connectivity index (χ0n) is 21.5. The van der Waals surface area contributed by atoms with Gasteiger partial charge in [0.2, 0.25) is 15.9 Å². The number of sulfonamides is 2. The highest BCUT2D eigenvalue weighted by Crippen LogP contribution is 2.26. The Bertz CT molecular complexity index is 1460. The molecule has 1 heterocycles. The largest absolute Gasteiger partial charge is 0.497 e. The summed E-state index contributed by atoms with van der Waals surface area (Å²) in [4.78, 5) is 13.0. The van der Waals surface area contributed by atoms with Crippen molar-refractivity contribution >= 4 is 31.6 Å². The predicted octanol–water partition coefficient (Wildman–Crippen LogP) is 2.87. The van der Waals surface area contributed by atoms with Gasteiger partial charge in [-0.05, 0) is 73.5 Å². The van der Waals surface area contributed by atoms with Gasteiger partial charge < -0.3 is 14.8 Å². The average molecular weight is 574 g/mol. The lowest BCUT2D eigenvalue weighted by molar-refractivity contribution is -0.119. The van der Waals surface area contributed by atoms with Crippen molar-refractivity contribution in [1.82, 2.24) is 9.62 Å². The molecule has 0 saturated carbocycles. The van der Waals surface area contributed by atoms with Gasteiger partial charge in [0.15, 0.2) is 0 Å². The zero-order chi connectivity index (χ0) is 27.9. The first kappa shape index (κ1) is 28.4. The Hall–Kier alpha value is -3.61. The van der Waals surface area contributed by atoms with Crippen LogP contribution in [0.5, 0.6) is 11.5 Å². The molecule has 1 amide bonds. The van der Waals surface area contributed by atoms with E-state index in [2.05, 4.69) is 5.32 Å². The molecule has 1 fully saturated rings. The predicted molar refractivity (Wildman–Crippen MR) is 147 cm³/mol. The maximum absolute atomic E-state index is 13.4. The quantitative estimate of drug-likeness (QED) is 0.331. The molecule has 1 saturated heterocycles. The van der Waals surface area contributed by atoms with Gasteiger partial charge in [0, 0.05) is 13.1 Å². The lowest BCUT2D eigenvalue weighted by Crippen LogP contribution is -2.41. The van der Waals surface area contributed by atoms with E-state index >= 15 is 0 Å². The fourth-order valence-corrected chi connectivity index (χ4v) is 7.07. The Kier molecular flexibility index (Phi) is 9.10. The number of methoxy groups -OCH3 is 1. The van der Waals surface area contributed by atoms with Gasteiger partial charge in [0.25, 0.3) is 10.0 Å². The Balaban J connectivity index is 1.35. The van der Waals surface area contributed by atoms with E-state index in [0.717, 1.165) is 17.1 Å². The average Bonchev–Trinajstić information content (AvgIpc) is 3.51. The molecular weight excluding hydrogens is 542 g/mol. The molecule has 208 valence electrons. The fourth-order valence-electron chi connectivity index (χ4n) is 4.11. The minimum Gasteiger partial charge on any atom is -0.497 e. The van der Waals surface area contributed by atoms with Crippen LogP contribution in [0.2, 0.25) is 0 Å². The zero-order valence-corrected chi connectivity index (χ0v) is 23.2. The van der Waals surface area contributed by atoms with Crippen molar-refractivity contribution < 1.29 is 31.1 Å². The van der Waals surface area contributed by atoms with Crippen molar-refractivity contribution in [3.05, 3.63) is 78.9 Å². The standard InChI is InChI=1S/C27H31N3O7S2/c1-36-23-11-9-22(10-12-23)30(39(34,35)25-7-3-2-4-8-25)21-27(31)28-17-20-37-24-13-15-26(16-14-24)38(32,33)29-18-5-6-19-29/h2-4,7-16H,5-6,17-21H2,1H3,(H,28,31). The number of benzene rings is 3. The number of ether oxygens (including phenoxy) is 2. The number of hydrogen-bond donors (Lipinski definition) is 1. The van der Waals surface area contributed by atoms with E-state index in [1.807, 2.05) is 0 Å². The van der Waals surface area contributed by atoms with Gasteiger partial charge in [-0.15, -0.1) is 0 Å². The van der Waals surface area contributed by atoms with Crippen molar-refractivity contribution in [2.45, 2.75) is 22.6 Å². The maximum Gasteiger partial charge on any atom is 0.264 e. The molecule has 12 heteroatoms. The van der Waals surface area contributed by atoms with Gasteiger partial charge in [-0.1, -0.05) is 18.2 Å². The summed E-state index contributed by atoms with van der Waals surface area (Å²) >= 11 is 0. The van der Waals surface area contributed by atoms with Crippen LogP contribution < -0.4 is 19.1 Å². The minimum atomic E-state index is -4.02. The number of anilines is 1. The van der Waals surface area contributed by atoms with E-state index in [9.17, 15) is 21.6 Å². The summed E-state index contributed by atoms with van der Waals surface area (Å²) in [5.41, 5.74) is 0.315. The van der Waals surface area contributed by atoms with Crippen LogP contribution >= 0.6 is 0 Å². The Labute approximate surface area is 229 Å². The van der Waals surface area contributed by atoms with Crippen molar-refractivity contribution in [2.75, 3.05) is 44.2 Å². The van der Waals surface area contributed by atoms with Gasteiger partial charge in [-0.25, -0.2) is 16.8 Å². The maximum atomic E-state index is 13.4. The molecule has 1 aliphatic heterocycles. The van der Waals surface area contributed by atoms with E-state index < -0.39 is 32.5 Å². The number of rotatable bonds is 12. The monoisotopic (exact) mass is 573 g/mol. The summed E-state index contributed by atoms with van der Waals surface area (Å²) in [6.07, 6.45) is 1.73. The molecule has 3 aromatic carbocycles. The third-order valence-electron chi connectivity index (χ3n) is 6.20. The summed E-state index contributed by atoms with van der Waals surface area (Å²) < 4.78 is 65.3. The Morgan fingerprint density at radius 1 is 0.846 bits per heavy atom. The van der Waals surface area contributed by atoms with Crippen LogP contribution in [0.4, 0.5) is 5.69 Å². The van der Waals surface area contributed by atoms with Crippen LogP contribution in [0.15, 0.2) is 88.7 Å².